The second-order valence-corrected chi connectivity index (χ2v) is 4.88. The summed E-state index contributed by atoms with van der Waals surface area (Å²) in [5, 5.41) is 0. The number of nitrogens with zero attached hydrogens (tertiary/aromatic N) is 1. The first-order valence-electron chi connectivity index (χ1n) is 4.16. The predicted molar refractivity (Wildman–Crippen MR) is 62.4 cm³/mol. The normalized spacial score (nSPS) is 15.8. The quantitative estimate of drug-likeness (QED) is 0.487. The third-order valence-electron chi connectivity index (χ3n) is 1.84. The molecule has 0 bridgehead atoms. The van der Waals surface area contributed by atoms with Gasteiger partial charge in [0, 0.05) is 11.1 Å². The Morgan fingerprint density at radius 3 is 3.00 bits per heavy atom. The first-order valence-corrected chi connectivity index (χ1v) is 6.46. The van der Waals surface area contributed by atoms with Crippen molar-refractivity contribution < 1.29 is 4.74 Å². The monoisotopic (exact) mass is 307 g/mol. The lowest BCUT2D eigenvalue weighted by Gasteiger charge is -2.06. The molecule has 1 heterocycles. The van der Waals surface area contributed by atoms with Crippen molar-refractivity contribution in [3.05, 3.63) is 16.0 Å². The first kappa shape index (κ1) is 9.58. The van der Waals surface area contributed by atoms with Crippen molar-refractivity contribution in [2.45, 2.75) is 23.8 Å². The smallest absolute Gasteiger partial charge is 0.152 e. The molecule has 1 fully saturated rings. The molecule has 1 aromatic heterocycles. The highest BCUT2D eigenvalue weighted by Gasteiger charge is 2.24. The van der Waals surface area contributed by atoms with Gasteiger partial charge in [0.05, 0.1) is 6.10 Å². The summed E-state index contributed by atoms with van der Waals surface area (Å²) in [6, 6.07) is 2.07. The fourth-order valence-corrected chi connectivity index (χ4v) is 1.77. The molecule has 2 rings (SSSR count). The summed E-state index contributed by atoms with van der Waals surface area (Å²) in [6.07, 6.45) is 6.77. The molecule has 4 heteroatoms. The molecule has 0 N–H and O–H groups in total. The third-order valence-corrected chi connectivity index (χ3v) is 3.34. The molecule has 0 atom stereocenters. The van der Waals surface area contributed by atoms with Crippen molar-refractivity contribution in [3.63, 3.8) is 0 Å². The van der Waals surface area contributed by atoms with Crippen molar-refractivity contribution in [2.24, 2.45) is 0 Å². The van der Waals surface area contributed by atoms with E-state index < -0.39 is 0 Å². The summed E-state index contributed by atoms with van der Waals surface area (Å²) in [7, 11) is 0. The molecule has 70 valence electrons. The second kappa shape index (κ2) is 4.04. The van der Waals surface area contributed by atoms with E-state index in [-0.39, 0.29) is 0 Å². The summed E-state index contributed by atoms with van der Waals surface area (Å²) >= 11 is 3.90. The molecule has 1 saturated carbocycles. The van der Waals surface area contributed by atoms with Gasteiger partial charge in [0.15, 0.2) is 5.75 Å². The zero-order chi connectivity index (χ0) is 9.26. The summed E-state index contributed by atoms with van der Waals surface area (Å²) in [4.78, 5) is 5.43. The van der Waals surface area contributed by atoms with Crippen LogP contribution in [0.3, 0.4) is 0 Å². The second-order valence-electron chi connectivity index (χ2n) is 2.98. The van der Waals surface area contributed by atoms with Crippen LogP contribution in [-0.4, -0.2) is 17.3 Å². The van der Waals surface area contributed by atoms with Crippen LogP contribution in [0, 0.1) is 3.70 Å². The van der Waals surface area contributed by atoms with Crippen molar-refractivity contribution in [3.8, 4) is 5.75 Å². The molecule has 0 spiro atoms. The number of thioether (sulfide) groups is 1. The highest BCUT2D eigenvalue weighted by molar-refractivity contribution is 14.1. The van der Waals surface area contributed by atoms with E-state index in [9.17, 15) is 0 Å². The Hall–Kier alpha value is 0.0300. The molecule has 0 aromatic carbocycles. The molecule has 2 nitrogen and oxygen atoms in total. The highest BCUT2D eigenvalue weighted by atomic mass is 127. The molecule has 0 saturated heterocycles. The van der Waals surface area contributed by atoms with Crippen LogP contribution in [0.15, 0.2) is 17.2 Å². The van der Waals surface area contributed by atoms with Crippen LogP contribution in [0.1, 0.15) is 12.8 Å². The Morgan fingerprint density at radius 1 is 1.62 bits per heavy atom. The van der Waals surface area contributed by atoms with E-state index in [4.69, 9.17) is 4.74 Å². The summed E-state index contributed by atoms with van der Waals surface area (Å²) in [5.41, 5.74) is 0. The van der Waals surface area contributed by atoms with Crippen LogP contribution in [0.5, 0.6) is 5.75 Å². The van der Waals surface area contributed by atoms with E-state index in [0.29, 0.717) is 6.10 Å². The molecule has 13 heavy (non-hydrogen) atoms. The molecule has 0 unspecified atom stereocenters. The van der Waals surface area contributed by atoms with Crippen LogP contribution in [-0.2, 0) is 0 Å². The van der Waals surface area contributed by atoms with Crippen molar-refractivity contribution >= 4 is 34.4 Å². The Balaban J connectivity index is 2.19. The Labute approximate surface area is 95.6 Å². The van der Waals surface area contributed by atoms with Crippen LogP contribution < -0.4 is 4.74 Å². The lowest BCUT2D eigenvalue weighted by molar-refractivity contribution is 0.298. The topological polar surface area (TPSA) is 22.1 Å². The number of hydrogen-bond acceptors (Lipinski definition) is 3. The lowest BCUT2D eigenvalue weighted by Crippen LogP contribution is -1.99. The standard InChI is InChI=1S/C9H10INOS/c1-13-7-4-8(9(10)11-5-7)12-6-2-3-6/h4-6H,2-3H2,1H3. The van der Waals surface area contributed by atoms with Crippen LogP contribution in [0.2, 0.25) is 0 Å². The fourth-order valence-electron chi connectivity index (χ4n) is 0.970. The predicted octanol–water partition coefficient (Wildman–Crippen LogP) is 2.95. The Kier molecular flexibility index (Phi) is 2.98. The van der Waals surface area contributed by atoms with E-state index in [1.807, 2.05) is 12.5 Å². The Morgan fingerprint density at radius 2 is 2.38 bits per heavy atom. The van der Waals surface area contributed by atoms with Gasteiger partial charge in [-0.1, -0.05) is 0 Å². The Bertz CT molecular complexity index is 314. The maximum absolute atomic E-state index is 5.72. The van der Waals surface area contributed by atoms with E-state index in [1.165, 1.54) is 12.8 Å². The van der Waals surface area contributed by atoms with Gasteiger partial charge in [-0.3, -0.25) is 0 Å². The molecular formula is C9H10INOS. The minimum atomic E-state index is 0.451. The largest absolute Gasteiger partial charge is 0.488 e. The fraction of sp³-hybridized carbons (Fsp3) is 0.444. The van der Waals surface area contributed by atoms with Crippen LogP contribution in [0.25, 0.3) is 0 Å². The molecule has 1 aromatic rings. The van der Waals surface area contributed by atoms with Gasteiger partial charge in [0.1, 0.15) is 3.70 Å². The maximum atomic E-state index is 5.72. The molecule has 0 aliphatic heterocycles. The van der Waals surface area contributed by atoms with Gasteiger partial charge < -0.3 is 4.74 Å². The number of ether oxygens (including phenoxy) is 1. The van der Waals surface area contributed by atoms with E-state index >= 15 is 0 Å². The number of hydrogen-bond donors (Lipinski definition) is 0. The maximum Gasteiger partial charge on any atom is 0.152 e. The number of aromatic nitrogens is 1. The summed E-state index contributed by atoms with van der Waals surface area (Å²) in [6.45, 7) is 0. The van der Waals surface area contributed by atoms with Crippen molar-refractivity contribution in [2.75, 3.05) is 6.26 Å². The molecule has 0 radical (unpaired) electrons. The van der Waals surface area contributed by atoms with Gasteiger partial charge in [0.25, 0.3) is 0 Å². The highest BCUT2D eigenvalue weighted by Crippen LogP contribution is 2.31. The third kappa shape index (κ3) is 2.49. The van der Waals surface area contributed by atoms with Crippen LogP contribution in [0.4, 0.5) is 0 Å². The van der Waals surface area contributed by atoms with Crippen LogP contribution >= 0.6 is 34.4 Å². The summed E-state index contributed by atoms with van der Waals surface area (Å²) < 4.78 is 6.68. The SMILES string of the molecule is CSc1cnc(I)c(OC2CC2)c1. The van der Waals surface area contributed by atoms with Gasteiger partial charge in [-0.25, -0.2) is 4.98 Å². The van der Waals surface area contributed by atoms with E-state index in [0.717, 1.165) is 14.3 Å². The van der Waals surface area contributed by atoms with Gasteiger partial charge in [-0.05, 0) is 47.8 Å². The van der Waals surface area contributed by atoms with Gasteiger partial charge >= 0.3 is 0 Å². The van der Waals surface area contributed by atoms with E-state index in [1.54, 1.807) is 11.8 Å². The minimum Gasteiger partial charge on any atom is -0.488 e. The molecule has 1 aliphatic carbocycles. The van der Waals surface area contributed by atoms with Gasteiger partial charge in [0.2, 0.25) is 0 Å². The molecule has 1 aliphatic rings. The van der Waals surface area contributed by atoms with Crippen molar-refractivity contribution in [1.82, 2.24) is 4.98 Å². The number of rotatable bonds is 3. The minimum absolute atomic E-state index is 0.451. The first-order chi connectivity index (χ1) is 6.29. The number of halogens is 1. The van der Waals surface area contributed by atoms with Gasteiger partial charge in [-0.15, -0.1) is 11.8 Å². The average molecular weight is 307 g/mol. The average Bonchev–Trinajstić information content (AvgIpc) is 2.93. The molecular weight excluding hydrogens is 297 g/mol. The molecule has 0 amide bonds. The zero-order valence-electron chi connectivity index (χ0n) is 7.29. The van der Waals surface area contributed by atoms with Gasteiger partial charge in [-0.2, -0.15) is 0 Å². The number of pyridine rings is 1. The van der Waals surface area contributed by atoms with Crippen molar-refractivity contribution in [1.29, 1.82) is 0 Å². The van der Waals surface area contributed by atoms with E-state index in [2.05, 4.69) is 33.6 Å². The summed E-state index contributed by atoms with van der Waals surface area (Å²) in [5.74, 6) is 0.940. The lowest BCUT2D eigenvalue weighted by atomic mass is 10.4. The zero-order valence-corrected chi connectivity index (χ0v) is 10.3.